The van der Waals surface area contributed by atoms with E-state index in [0.717, 1.165) is 31.0 Å². The minimum absolute atomic E-state index is 0.0945. The SMILES string of the molecule is CC(C)C[C@@H]1CCO[C@@H]2[C@H](CN[C@@H]2C(=O)N[C@H]2C3OC(SCC(F)C/C=C\[C@H]2C)C(O)C(O)C3O)C1. The normalized spacial score (nSPS) is 46.9. The second kappa shape index (κ2) is 12.4. The molecular formula is C26H43FN2O6S. The van der Waals surface area contributed by atoms with Gasteiger partial charge in [0.05, 0.1) is 12.1 Å². The summed E-state index contributed by atoms with van der Waals surface area (Å²) in [5.74, 6) is 1.01. The van der Waals surface area contributed by atoms with Crippen molar-refractivity contribution < 1.29 is 34.0 Å². The van der Waals surface area contributed by atoms with E-state index in [1.54, 1.807) is 6.08 Å². The minimum atomic E-state index is -1.47. The maximum absolute atomic E-state index is 14.3. The number of carbonyl (C=O) groups is 1. The van der Waals surface area contributed by atoms with Gasteiger partial charge in [-0.3, -0.25) is 4.79 Å². The van der Waals surface area contributed by atoms with Gasteiger partial charge in [0.1, 0.15) is 42.1 Å². The van der Waals surface area contributed by atoms with Gasteiger partial charge in [-0.1, -0.05) is 32.9 Å². The number of hydrogen-bond donors (Lipinski definition) is 5. The number of aliphatic hydroxyl groups excluding tert-OH is 3. The van der Waals surface area contributed by atoms with Crippen molar-refractivity contribution in [2.75, 3.05) is 18.9 Å². The average Bonchev–Trinajstić information content (AvgIpc) is 3.10. The Morgan fingerprint density at radius 3 is 2.75 bits per heavy atom. The smallest absolute Gasteiger partial charge is 0.240 e. The summed E-state index contributed by atoms with van der Waals surface area (Å²) in [5.41, 5.74) is -0.909. The quantitative estimate of drug-likeness (QED) is 0.346. The van der Waals surface area contributed by atoms with Crippen LogP contribution in [0.15, 0.2) is 12.2 Å². The number of fused-ring (bicyclic) bond motifs is 3. The molecule has 4 rings (SSSR count). The van der Waals surface area contributed by atoms with E-state index >= 15 is 0 Å². The monoisotopic (exact) mass is 530 g/mol. The lowest BCUT2D eigenvalue weighted by atomic mass is 9.85. The number of nitrogens with one attached hydrogen (secondary N) is 2. The van der Waals surface area contributed by atoms with Gasteiger partial charge in [0.25, 0.3) is 0 Å². The summed E-state index contributed by atoms with van der Waals surface area (Å²) in [6.45, 7) is 7.67. The van der Waals surface area contributed by atoms with E-state index < -0.39 is 48.1 Å². The third-order valence-corrected chi connectivity index (χ3v) is 9.33. The minimum Gasteiger partial charge on any atom is -0.388 e. The Morgan fingerprint density at radius 2 is 2.00 bits per heavy atom. The van der Waals surface area contributed by atoms with Gasteiger partial charge in [-0.15, -0.1) is 11.8 Å². The van der Waals surface area contributed by atoms with E-state index in [1.165, 1.54) is 0 Å². The molecule has 8 nitrogen and oxygen atoms in total. The lowest BCUT2D eigenvalue weighted by molar-refractivity contribution is -0.207. The maximum Gasteiger partial charge on any atom is 0.240 e. The van der Waals surface area contributed by atoms with E-state index in [1.807, 2.05) is 13.0 Å². The first-order chi connectivity index (χ1) is 17.2. The summed E-state index contributed by atoms with van der Waals surface area (Å²) in [5, 5.41) is 38.2. The fraction of sp³-hybridized carbons (Fsp3) is 0.885. The summed E-state index contributed by atoms with van der Waals surface area (Å²) in [7, 11) is 0. The largest absolute Gasteiger partial charge is 0.388 e. The number of carbonyl (C=O) groups excluding carboxylic acids is 1. The van der Waals surface area contributed by atoms with Crippen LogP contribution in [0.1, 0.15) is 46.5 Å². The van der Waals surface area contributed by atoms with Crippen molar-refractivity contribution >= 4 is 17.7 Å². The molecule has 0 spiro atoms. The molecule has 36 heavy (non-hydrogen) atoms. The molecule has 4 aliphatic heterocycles. The Balaban J connectivity index is 1.50. The number of halogens is 1. The van der Waals surface area contributed by atoms with Crippen molar-refractivity contribution in [1.29, 1.82) is 0 Å². The van der Waals surface area contributed by atoms with Crippen molar-refractivity contribution in [2.24, 2.45) is 23.7 Å². The zero-order valence-electron chi connectivity index (χ0n) is 21.5. The fourth-order valence-electron chi connectivity index (χ4n) is 6.17. The van der Waals surface area contributed by atoms with Gasteiger partial charge in [0.2, 0.25) is 5.91 Å². The molecular weight excluding hydrogens is 487 g/mol. The second-order valence-corrected chi connectivity index (χ2v) is 12.6. The number of thioether (sulfide) groups is 1. The predicted octanol–water partition coefficient (Wildman–Crippen LogP) is 1.38. The maximum atomic E-state index is 14.3. The van der Waals surface area contributed by atoms with Crippen LogP contribution in [0.4, 0.5) is 4.39 Å². The molecule has 2 bridgehead atoms. The highest BCUT2D eigenvalue weighted by atomic mass is 32.2. The van der Waals surface area contributed by atoms with Crippen LogP contribution in [-0.4, -0.2) is 94.3 Å². The zero-order chi connectivity index (χ0) is 26.0. The van der Waals surface area contributed by atoms with Gasteiger partial charge in [0, 0.05) is 18.9 Å². The Morgan fingerprint density at radius 1 is 1.22 bits per heavy atom. The van der Waals surface area contributed by atoms with Gasteiger partial charge in [-0.25, -0.2) is 4.39 Å². The molecule has 3 saturated heterocycles. The molecule has 12 atom stereocenters. The Kier molecular flexibility index (Phi) is 9.74. The lowest BCUT2D eigenvalue weighted by Gasteiger charge is -2.44. The number of ether oxygens (including phenoxy) is 2. The van der Waals surface area contributed by atoms with E-state index in [0.29, 0.717) is 25.0 Å². The van der Waals surface area contributed by atoms with Crippen molar-refractivity contribution in [3.63, 3.8) is 0 Å². The molecule has 206 valence electrons. The third kappa shape index (κ3) is 6.45. The molecule has 4 heterocycles. The second-order valence-electron chi connectivity index (χ2n) is 11.4. The third-order valence-electron chi connectivity index (χ3n) is 8.06. The molecule has 5 N–H and O–H groups in total. The first-order valence-corrected chi connectivity index (χ1v) is 14.5. The number of aliphatic hydroxyl groups is 3. The molecule has 0 saturated carbocycles. The zero-order valence-corrected chi connectivity index (χ0v) is 22.3. The van der Waals surface area contributed by atoms with Crippen LogP contribution in [0.5, 0.6) is 0 Å². The molecule has 0 radical (unpaired) electrons. The molecule has 0 aromatic carbocycles. The summed E-state index contributed by atoms with van der Waals surface area (Å²) in [4.78, 5) is 13.6. The highest BCUT2D eigenvalue weighted by Gasteiger charge is 2.50. The van der Waals surface area contributed by atoms with Gasteiger partial charge >= 0.3 is 0 Å². The topological polar surface area (TPSA) is 120 Å². The standard InChI is InChI=1S/C26H43FN2O6S/c1-13(2)9-15-7-8-34-23-16(10-15)11-28-19(23)25(33)29-18-14(3)5-4-6-17(27)12-36-26-22(32)20(30)21(31)24(18)35-26/h4-5,13-24,26,28,30-32H,6-12H2,1-3H3,(H,29,33)/b5-4-/t14-,15+,16+,17?,18-,19+,20?,21?,22?,23-,24?,26?/m1/s1. The molecule has 0 aliphatic carbocycles. The molecule has 10 heteroatoms. The van der Waals surface area contributed by atoms with Crippen LogP contribution in [0.25, 0.3) is 0 Å². The van der Waals surface area contributed by atoms with Crippen molar-refractivity contribution in [2.45, 2.75) is 101 Å². The Hall–Kier alpha value is -0.750. The van der Waals surface area contributed by atoms with Crippen molar-refractivity contribution in [1.82, 2.24) is 10.6 Å². The van der Waals surface area contributed by atoms with Gasteiger partial charge < -0.3 is 35.4 Å². The van der Waals surface area contributed by atoms with Gasteiger partial charge in [-0.2, -0.15) is 0 Å². The molecule has 0 aromatic rings. The Labute approximate surface area is 217 Å². The first kappa shape index (κ1) is 28.3. The van der Waals surface area contributed by atoms with Crippen molar-refractivity contribution in [3.8, 4) is 0 Å². The fourth-order valence-corrected chi connectivity index (χ4v) is 7.27. The predicted molar refractivity (Wildman–Crippen MR) is 136 cm³/mol. The molecule has 0 aromatic heterocycles. The highest BCUT2D eigenvalue weighted by molar-refractivity contribution is 7.99. The van der Waals surface area contributed by atoms with Crippen LogP contribution in [-0.2, 0) is 14.3 Å². The van der Waals surface area contributed by atoms with Crippen LogP contribution >= 0.6 is 11.8 Å². The van der Waals surface area contributed by atoms with Gasteiger partial charge in [0.15, 0.2) is 0 Å². The Bertz CT molecular complexity index is 775. The summed E-state index contributed by atoms with van der Waals surface area (Å²) >= 11 is 1.08. The number of allylic oxidation sites excluding steroid dienone is 1. The number of alkyl halides is 1. The number of hydrogen-bond acceptors (Lipinski definition) is 8. The number of amides is 1. The van der Waals surface area contributed by atoms with E-state index in [2.05, 4.69) is 24.5 Å². The van der Waals surface area contributed by atoms with E-state index in [9.17, 15) is 24.5 Å². The van der Waals surface area contributed by atoms with E-state index in [4.69, 9.17) is 9.47 Å². The summed E-state index contributed by atoms with van der Waals surface area (Å²) < 4.78 is 26.5. The van der Waals surface area contributed by atoms with Crippen LogP contribution in [0.3, 0.4) is 0 Å². The van der Waals surface area contributed by atoms with Crippen LogP contribution in [0.2, 0.25) is 0 Å². The lowest BCUT2D eigenvalue weighted by Crippen LogP contribution is -2.65. The van der Waals surface area contributed by atoms with Crippen LogP contribution < -0.4 is 10.6 Å². The van der Waals surface area contributed by atoms with Gasteiger partial charge in [-0.05, 0) is 49.4 Å². The van der Waals surface area contributed by atoms with Crippen molar-refractivity contribution in [3.05, 3.63) is 12.2 Å². The molecule has 6 unspecified atom stereocenters. The van der Waals surface area contributed by atoms with Crippen LogP contribution in [0, 0.1) is 23.7 Å². The molecule has 4 aliphatic rings. The molecule has 1 amide bonds. The van der Waals surface area contributed by atoms with E-state index in [-0.39, 0.29) is 36.0 Å². The number of rotatable bonds is 4. The highest BCUT2D eigenvalue weighted by Crippen LogP contribution is 2.35. The first-order valence-electron chi connectivity index (χ1n) is 13.4. The average molecular weight is 531 g/mol. The molecule has 3 fully saturated rings. The summed E-state index contributed by atoms with van der Waals surface area (Å²) in [6, 6.07) is -1.22. The summed E-state index contributed by atoms with van der Waals surface area (Å²) in [6.07, 6.45) is 0.396.